The van der Waals surface area contributed by atoms with Gasteiger partial charge in [0.1, 0.15) is 0 Å². The molecule has 5 heteroatoms. The van der Waals surface area contributed by atoms with Crippen LogP contribution in [0.15, 0.2) is 24.3 Å². The van der Waals surface area contributed by atoms with Crippen LogP contribution in [-0.4, -0.2) is 60.2 Å². The van der Waals surface area contributed by atoms with Gasteiger partial charge in [-0.15, -0.1) is 0 Å². The predicted molar refractivity (Wildman–Crippen MR) is 84.7 cm³/mol. The Balaban J connectivity index is 1.51. The van der Waals surface area contributed by atoms with Crippen molar-refractivity contribution in [1.82, 2.24) is 20.2 Å². The summed E-state index contributed by atoms with van der Waals surface area (Å²) in [5.41, 5.74) is 3.01. The zero-order chi connectivity index (χ0) is 14.2. The molecule has 0 radical (unpaired) electrons. The number of fused-ring (bicyclic) bond motifs is 1. The molecule has 0 spiro atoms. The molecule has 2 aliphatic heterocycles. The van der Waals surface area contributed by atoms with Crippen molar-refractivity contribution in [2.24, 2.45) is 0 Å². The minimum atomic E-state index is 0.680. The van der Waals surface area contributed by atoms with Gasteiger partial charge in [0.05, 0.1) is 16.7 Å². The van der Waals surface area contributed by atoms with E-state index in [9.17, 15) is 0 Å². The summed E-state index contributed by atoms with van der Waals surface area (Å²) in [5, 5.41) is 3.41. The lowest BCUT2D eigenvalue weighted by atomic mass is 10.1. The van der Waals surface area contributed by atoms with Crippen LogP contribution in [0.3, 0.4) is 0 Å². The van der Waals surface area contributed by atoms with E-state index >= 15 is 0 Å². The summed E-state index contributed by atoms with van der Waals surface area (Å²) in [5.74, 6) is 1.06. The molecule has 1 aromatic heterocycles. The van der Waals surface area contributed by atoms with Gasteiger partial charge < -0.3 is 10.2 Å². The summed E-state index contributed by atoms with van der Waals surface area (Å²) in [6.07, 6.45) is 0. The molecule has 110 valence electrons. The summed E-state index contributed by atoms with van der Waals surface area (Å²) in [4.78, 5) is 14.5. The first-order valence-corrected chi connectivity index (χ1v) is 7.74. The lowest BCUT2D eigenvalue weighted by Crippen LogP contribution is -2.63. The molecule has 4 rings (SSSR count). The van der Waals surface area contributed by atoms with E-state index in [0.29, 0.717) is 6.04 Å². The van der Waals surface area contributed by atoms with Crippen molar-refractivity contribution in [2.45, 2.75) is 13.0 Å². The Morgan fingerprint density at radius 3 is 2.43 bits per heavy atom. The van der Waals surface area contributed by atoms with Gasteiger partial charge in [-0.05, 0) is 19.1 Å². The van der Waals surface area contributed by atoms with Gasteiger partial charge in [-0.25, -0.2) is 9.97 Å². The minimum absolute atomic E-state index is 0.680. The summed E-state index contributed by atoms with van der Waals surface area (Å²) >= 11 is 0. The average Bonchev–Trinajstić information content (AvgIpc) is 2.47. The Bertz CT molecular complexity index is 644. The second-order valence-electron chi connectivity index (χ2n) is 5.97. The smallest absolute Gasteiger partial charge is 0.150 e. The number of benzene rings is 1. The minimum Gasteiger partial charge on any atom is -0.352 e. The largest absolute Gasteiger partial charge is 0.352 e. The normalized spacial score (nSPS) is 20.7. The van der Waals surface area contributed by atoms with Crippen LogP contribution in [0.2, 0.25) is 0 Å². The lowest BCUT2D eigenvalue weighted by molar-refractivity contribution is 0.147. The first-order chi connectivity index (χ1) is 10.3. The maximum absolute atomic E-state index is 4.81. The molecular formula is C16H21N5. The Labute approximate surface area is 125 Å². The molecule has 1 aromatic carbocycles. The molecule has 0 amide bonds. The monoisotopic (exact) mass is 283 g/mol. The molecule has 0 unspecified atom stereocenters. The van der Waals surface area contributed by atoms with Crippen molar-refractivity contribution in [1.29, 1.82) is 0 Å². The second-order valence-corrected chi connectivity index (χ2v) is 5.97. The number of anilines is 1. The van der Waals surface area contributed by atoms with Gasteiger partial charge in [0.15, 0.2) is 5.82 Å². The highest BCUT2D eigenvalue weighted by atomic mass is 15.4. The van der Waals surface area contributed by atoms with Crippen molar-refractivity contribution in [3.05, 3.63) is 30.0 Å². The Hall–Kier alpha value is -1.72. The van der Waals surface area contributed by atoms with Gasteiger partial charge in [0, 0.05) is 45.3 Å². The van der Waals surface area contributed by atoms with E-state index in [-0.39, 0.29) is 0 Å². The zero-order valence-electron chi connectivity index (χ0n) is 12.4. The third-order valence-electron chi connectivity index (χ3n) is 4.55. The number of rotatable bonds is 2. The highest BCUT2D eigenvalue weighted by molar-refractivity contribution is 5.76. The van der Waals surface area contributed by atoms with Gasteiger partial charge in [0.25, 0.3) is 0 Å². The molecule has 21 heavy (non-hydrogen) atoms. The average molecular weight is 283 g/mol. The van der Waals surface area contributed by atoms with Crippen molar-refractivity contribution < 1.29 is 0 Å². The lowest BCUT2D eigenvalue weighted by Gasteiger charge is -2.47. The van der Waals surface area contributed by atoms with Crippen LogP contribution in [0, 0.1) is 6.92 Å². The van der Waals surface area contributed by atoms with Crippen LogP contribution in [0.1, 0.15) is 5.69 Å². The molecule has 0 atom stereocenters. The summed E-state index contributed by atoms with van der Waals surface area (Å²) < 4.78 is 0. The standard InChI is InChI=1S/C16H21N5/c1-12-16(19-15-5-3-2-4-14(15)18-12)21-10-13(11-21)20-8-6-17-7-9-20/h2-5,13,17H,6-11H2,1H3. The molecule has 2 aliphatic rings. The van der Waals surface area contributed by atoms with Gasteiger partial charge in [-0.3, -0.25) is 4.90 Å². The summed E-state index contributed by atoms with van der Waals surface area (Å²) in [6.45, 7) is 8.78. The Morgan fingerprint density at radius 2 is 1.71 bits per heavy atom. The van der Waals surface area contributed by atoms with Crippen LogP contribution in [0.4, 0.5) is 5.82 Å². The van der Waals surface area contributed by atoms with Gasteiger partial charge in [0.2, 0.25) is 0 Å². The van der Waals surface area contributed by atoms with E-state index in [1.807, 2.05) is 24.3 Å². The van der Waals surface area contributed by atoms with Gasteiger partial charge in [-0.1, -0.05) is 12.1 Å². The molecule has 2 aromatic rings. The molecule has 0 bridgehead atoms. The molecule has 0 aliphatic carbocycles. The fourth-order valence-electron chi connectivity index (χ4n) is 3.28. The van der Waals surface area contributed by atoms with Crippen molar-refractivity contribution >= 4 is 16.9 Å². The Kier molecular flexibility index (Phi) is 3.24. The molecule has 0 saturated carbocycles. The first-order valence-electron chi connectivity index (χ1n) is 7.74. The molecule has 2 fully saturated rings. The zero-order valence-corrected chi connectivity index (χ0v) is 12.4. The number of aromatic nitrogens is 2. The molecule has 1 N–H and O–H groups in total. The predicted octanol–water partition coefficient (Wildman–Crippen LogP) is 1.03. The van der Waals surface area contributed by atoms with Crippen LogP contribution in [0.25, 0.3) is 11.0 Å². The van der Waals surface area contributed by atoms with Crippen LogP contribution in [-0.2, 0) is 0 Å². The summed E-state index contributed by atoms with van der Waals surface area (Å²) in [7, 11) is 0. The third-order valence-corrected chi connectivity index (χ3v) is 4.55. The van der Waals surface area contributed by atoms with Crippen LogP contribution < -0.4 is 10.2 Å². The number of piperazine rings is 1. The van der Waals surface area contributed by atoms with E-state index in [1.54, 1.807) is 0 Å². The highest BCUT2D eigenvalue weighted by Gasteiger charge is 2.34. The van der Waals surface area contributed by atoms with E-state index in [2.05, 4.69) is 27.0 Å². The van der Waals surface area contributed by atoms with Crippen LogP contribution in [0.5, 0.6) is 0 Å². The van der Waals surface area contributed by atoms with Crippen molar-refractivity contribution in [2.75, 3.05) is 44.2 Å². The summed E-state index contributed by atoms with van der Waals surface area (Å²) in [6, 6.07) is 8.79. The maximum Gasteiger partial charge on any atom is 0.150 e. The number of nitrogens with one attached hydrogen (secondary N) is 1. The van der Waals surface area contributed by atoms with E-state index in [4.69, 9.17) is 4.98 Å². The van der Waals surface area contributed by atoms with Crippen LogP contribution >= 0.6 is 0 Å². The SMILES string of the molecule is Cc1nc2ccccc2nc1N1CC(N2CCNCC2)C1. The van der Waals surface area contributed by atoms with Crippen molar-refractivity contribution in [3.63, 3.8) is 0 Å². The quantitative estimate of drug-likeness (QED) is 0.892. The van der Waals surface area contributed by atoms with Crippen molar-refractivity contribution in [3.8, 4) is 0 Å². The van der Waals surface area contributed by atoms with E-state index in [1.165, 1.54) is 13.1 Å². The molecule has 3 heterocycles. The molecular weight excluding hydrogens is 262 g/mol. The fraction of sp³-hybridized carbons (Fsp3) is 0.500. The van der Waals surface area contributed by atoms with Gasteiger partial charge in [-0.2, -0.15) is 0 Å². The first kappa shape index (κ1) is 13.0. The maximum atomic E-state index is 4.81. The highest BCUT2D eigenvalue weighted by Crippen LogP contribution is 2.26. The number of hydrogen-bond acceptors (Lipinski definition) is 5. The topological polar surface area (TPSA) is 44.3 Å². The number of para-hydroxylation sites is 2. The number of hydrogen-bond donors (Lipinski definition) is 1. The third kappa shape index (κ3) is 2.36. The second kappa shape index (κ2) is 5.24. The van der Waals surface area contributed by atoms with Gasteiger partial charge >= 0.3 is 0 Å². The number of nitrogens with zero attached hydrogens (tertiary/aromatic N) is 4. The molecule has 5 nitrogen and oxygen atoms in total. The molecule has 2 saturated heterocycles. The van der Waals surface area contributed by atoms with E-state index in [0.717, 1.165) is 48.7 Å². The van der Waals surface area contributed by atoms with E-state index < -0.39 is 0 Å². The fourth-order valence-corrected chi connectivity index (χ4v) is 3.28. The Morgan fingerprint density at radius 1 is 1.05 bits per heavy atom. The number of aryl methyl sites for hydroxylation is 1.